The SMILES string of the molecule is O=C(O)C(CSc1ccc([N+](=O)[O-])cc1)c1ccccc1. The van der Waals surface area contributed by atoms with Crippen LogP contribution in [0.3, 0.4) is 0 Å². The summed E-state index contributed by atoms with van der Waals surface area (Å²) in [5.41, 5.74) is 0.775. The predicted octanol–water partition coefficient (Wildman–Crippen LogP) is 3.56. The van der Waals surface area contributed by atoms with Crippen molar-refractivity contribution in [3.8, 4) is 0 Å². The number of rotatable bonds is 6. The Hall–Kier alpha value is -2.34. The van der Waals surface area contributed by atoms with Crippen LogP contribution >= 0.6 is 11.8 Å². The lowest BCUT2D eigenvalue weighted by atomic mass is 10.0. The van der Waals surface area contributed by atoms with E-state index in [2.05, 4.69) is 0 Å². The predicted molar refractivity (Wildman–Crippen MR) is 80.6 cm³/mol. The van der Waals surface area contributed by atoms with Crippen molar-refractivity contribution in [2.75, 3.05) is 5.75 Å². The number of hydrogen-bond acceptors (Lipinski definition) is 4. The standard InChI is InChI=1S/C15H13NO4S/c17-15(18)14(11-4-2-1-3-5-11)10-21-13-8-6-12(7-9-13)16(19)20/h1-9,14H,10H2,(H,17,18). The first kappa shape index (κ1) is 15.1. The van der Waals surface area contributed by atoms with Gasteiger partial charge in [0.25, 0.3) is 5.69 Å². The minimum atomic E-state index is -0.879. The lowest BCUT2D eigenvalue weighted by Gasteiger charge is -2.12. The molecule has 0 saturated heterocycles. The number of non-ortho nitro benzene ring substituents is 1. The Morgan fingerprint density at radius 3 is 2.29 bits per heavy atom. The smallest absolute Gasteiger partial charge is 0.311 e. The zero-order valence-electron chi connectivity index (χ0n) is 11.0. The van der Waals surface area contributed by atoms with Gasteiger partial charge in [0.15, 0.2) is 0 Å². The van der Waals surface area contributed by atoms with Crippen LogP contribution < -0.4 is 0 Å². The molecule has 2 aromatic rings. The highest BCUT2D eigenvalue weighted by molar-refractivity contribution is 7.99. The second-order valence-electron chi connectivity index (χ2n) is 4.36. The Morgan fingerprint density at radius 2 is 1.76 bits per heavy atom. The summed E-state index contributed by atoms with van der Waals surface area (Å²) in [5, 5.41) is 19.9. The zero-order chi connectivity index (χ0) is 15.2. The van der Waals surface area contributed by atoms with E-state index < -0.39 is 16.8 Å². The molecule has 0 aliphatic carbocycles. The summed E-state index contributed by atoms with van der Waals surface area (Å²) in [6.45, 7) is 0. The molecule has 0 bridgehead atoms. The highest BCUT2D eigenvalue weighted by Crippen LogP contribution is 2.27. The van der Waals surface area contributed by atoms with E-state index in [0.29, 0.717) is 5.75 Å². The van der Waals surface area contributed by atoms with E-state index in [0.717, 1.165) is 10.5 Å². The first-order valence-corrected chi connectivity index (χ1v) is 7.21. The molecule has 0 aromatic heterocycles. The fourth-order valence-corrected chi connectivity index (χ4v) is 2.86. The Bertz CT molecular complexity index is 628. The summed E-state index contributed by atoms with van der Waals surface area (Å²) in [4.78, 5) is 22.3. The van der Waals surface area contributed by atoms with Gasteiger partial charge in [-0.25, -0.2) is 0 Å². The van der Waals surface area contributed by atoms with Crippen molar-refractivity contribution >= 4 is 23.4 Å². The number of nitrogens with zero attached hydrogens (tertiary/aromatic N) is 1. The Labute approximate surface area is 125 Å². The summed E-state index contributed by atoms with van der Waals surface area (Å²) in [6, 6.07) is 15.1. The molecule has 0 fully saturated rings. The average molecular weight is 303 g/mol. The molecule has 108 valence electrons. The Kier molecular flexibility index (Phi) is 4.94. The summed E-state index contributed by atoms with van der Waals surface area (Å²) >= 11 is 1.37. The zero-order valence-corrected chi connectivity index (χ0v) is 11.8. The molecule has 1 N–H and O–H groups in total. The Balaban J connectivity index is 2.05. The molecule has 21 heavy (non-hydrogen) atoms. The van der Waals surface area contributed by atoms with Crippen molar-refractivity contribution < 1.29 is 14.8 Å². The van der Waals surface area contributed by atoms with Gasteiger partial charge in [-0.05, 0) is 17.7 Å². The molecule has 0 aliphatic rings. The highest BCUT2D eigenvalue weighted by Gasteiger charge is 2.19. The molecule has 0 heterocycles. The maximum atomic E-state index is 11.4. The molecule has 0 saturated carbocycles. The number of carboxylic acid groups (broad SMARTS) is 1. The third-order valence-corrected chi connectivity index (χ3v) is 4.07. The number of carboxylic acids is 1. The van der Waals surface area contributed by atoms with Crippen LogP contribution in [0.4, 0.5) is 5.69 Å². The number of nitro benzene ring substituents is 1. The number of nitro groups is 1. The van der Waals surface area contributed by atoms with Crippen molar-refractivity contribution in [3.05, 3.63) is 70.3 Å². The molecule has 5 nitrogen and oxygen atoms in total. The third kappa shape index (κ3) is 4.06. The van der Waals surface area contributed by atoms with Crippen LogP contribution in [0.25, 0.3) is 0 Å². The second-order valence-corrected chi connectivity index (χ2v) is 5.46. The maximum absolute atomic E-state index is 11.4. The first-order valence-electron chi connectivity index (χ1n) is 6.23. The molecule has 1 unspecified atom stereocenters. The lowest BCUT2D eigenvalue weighted by Crippen LogP contribution is -2.14. The van der Waals surface area contributed by atoms with Gasteiger partial charge in [0.2, 0.25) is 0 Å². The summed E-state index contributed by atoms with van der Waals surface area (Å²) < 4.78 is 0. The first-order chi connectivity index (χ1) is 10.1. The molecule has 0 radical (unpaired) electrons. The van der Waals surface area contributed by atoms with E-state index in [1.54, 1.807) is 24.3 Å². The van der Waals surface area contributed by atoms with Crippen molar-refractivity contribution in [1.82, 2.24) is 0 Å². The van der Waals surface area contributed by atoms with E-state index >= 15 is 0 Å². The highest BCUT2D eigenvalue weighted by atomic mass is 32.2. The van der Waals surface area contributed by atoms with Gasteiger partial charge in [0.1, 0.15) is 0 Å². The van der Waals surface area contributed by atoms with E-state index in [1.165, 1.54) is 23.9 Å². The number of hydrogen-bond donors (Lipinski definition) is 1. The van der Waals surface area contributed by atoms with E-state index in [1.807, 2.05) is 18.2 Å². The quantitative estimate of drug-likeness (QED) is 0.501. The molecule has 6 heteroatoms. The van der Waals surface area contributed by atoms with Crippen LogP contribution in [0.1, 0.15) is 11.5 Å². The number of thioether (sulfide) groups is 1. The van der Waals surface area contributed by atoms with Gasteiger partial charge < -0.3 is 5.11 Å². The normalized spacial score (nSPS) is 11.8. The van der Waals surface area contributed by atoms with E-state index in [9.17, 15) is 20.0 Å². The number of carbonyl (C=O) groups is 1. The lowest BCUT2D eigenvalue weighted by molar-refractivity contribution is -0.384. The monoisotopic (exact) mass is 303 g/mol. The maximum Gasteiger partial charge on any atom is 0.311 e. The molecule has 0 aliphatic heterocycles. The minimum absolute atomic E-state index is 0.0252. The molecule has 2 aromatic carbocycles. The molecular weight excluding hydrogens is 290 g/mol. The molecule has 0 amide bonds. The van der Waals surface area contributed by atoms with E-state index in [-0.39, 0.29) is 5.69 Å². The molecule has 0 spiro atoms. The van der Waals surface area contributed by atoms with E-state index in [4.69, 9.17) is 0 Å². The number of aliphatic carboxylic acids is 1. The van der Waals surface area contributed by atoms with Gasteiger partial charge in [-0.2, -0.15) is 0 Å². The van der Waals surface area contributed by atoms with Crippen molar-refractivity contribution in [3.63, 3.8) is 0 Å². The third-order valence-electron chi connectivity index (χ3n) is 2.96. The fourth-order valence-electron chi connectivity index (χ4n) is 1.84. The van der Waals surface area contributed by atoms with Crippen molar-refractivity contribution in [2.24, 2.45) is 0 Å². The summed E-state index contributed by atoms with van der Waals surface area (Å²) in [5.74, 6) is -1.11. The van der Waals surface area contributed by atoms with Crippen LogP contribution in [0.15, 0.2) is 59.5 Å². The van der Waals surface area contributed by atoms with Gasteiger partial charge in [-0.15, -0.1) is 11.8 Å². The Morgan fingerprint density at radius 1 is 1.14 bits per heavy atom. The van der Waals surface area contributed by atoms with Gasteiger partial charge >= 0.3 is 5.97 Å². The largest absolute Gasteiger partial charge is 0.481 e. The van der Waals surface area contributed by atoms with Crippen LogP contribution in [0.2, 0.25) is 0 Å². The van der Waals surface area contributed by atoms with Gasteiger partial charge in [-0.1, -0.05) is 30.3 Å². The van der Waals surface area contributed by atoms with Crippen molar-refractivity contribution in [2.45, 2.75) is 10.8 Å². The van der Waals surface area contributed by atoms with Gasteiger partial charge in [0, 0.05) is 22.8 Å². The fraction of sp³-hybridized carbons (Fsp3) is 0.133. The average Bonchev–Trinajstić information content (AvgIpc) is 2.48. The van der Waals surface area contributed by atoms with Gasteiger partial charge in [0.05, 0.1) is 10.8 Å². The van der Waals surface area contributed by atoms with Gasteiger partial charge in [-0.3, -0.25) is 14.9 Å². The molecule has 1 atom stereocenters. The summed E-state index contributed by atoms with van der Waals surface area (Å²) in [6.07, 6.45) is 0. The topological polar surface area (TPSA) is 80.4 Å². The molecule has 2 rings (SSSR count). The van der Waals surface area contributed by atoms with Crippen molar-refractivity contribution in [1.29, 1.82) is 0 Å². The summed E-state index contributed by atoms with van der Waals surface area (Å²) in [7, 11) is 0. The number of benzene rings is 2. The minimum Gasteiger partial charge on any atom is -0.481 e. The van der Waals surface area contributed by atoms with Crippen LogP contribution in [-0.2, 0) is 4.79 Å². The van der Waals surface area contributed by atoms with Crippen LogP contribution in [0, 0.1) is 10.1 Å². The van der Waals surface area contributed by atoms with Crippen LogP contribution in [0.5, 0.6) is 0 Å². The van der Waals surface area contributed by atoms with Crippen LogP contribution in [-0.4, -0.2) is 21.8 Å². The molecular formula is C15H13NO4S. The second kappa shape index (κ2) is 6.90.